The number of rotatable bonds is 7. The maximum atomic E-state index is 11.1. The van der Waals surface area contributed by atoms with Crippen LogP contribution in [0.15, 0.2) is 6.33 Å². The Morgan fingerprint density at radius 1 is 1.11 bits per heavy atom. The SMILES string of the molecule is O=P(O)(O)CCCC[C@H]1O[C@@H](n2cnc3c(N4CCC5(CCCCC5)C4)nc(Cl)nc32)C(O)[C@H]1O. The van der Waals surface area contributed by atoms with Crippen LogP contribution in [0.1, 0.15) is 64.0 Å². The lowest BCUT2D eigenvalue weighted by molar-refractivity contribution is -0.0373. The van der Waals surface area contributed by atoms with Crippen molar-refractivity contribution in [3.05, 3.63) is 11.6 Å². The number of anilines is 1. The molecule has 5 rings (SSSR count). The summed E-state index contributed by atoms with van der Waals surface area (Å²) < 4.78 is 18.6. The monoisotopic (exact) mass is 529 g/mol. The van der Waals surface area contributed by atoms with Gasteiger partial charge in [0.25, 0.3) is 0 Å². The fraction of sp³-hybridized carbons (Fsp3) is 0.773. The normalized spacial score (nSPS) is 29.0. The molecule has 2 aromatic heterocycles. The molecule has 2 aliphatic heterocycles. The Balaban J connectivity index is 1.34. The molecule has 1 saturated carbocycles. The van der Waals surface area contributed by atoms with Gasteiger partial charge in [-0.05, 0) is 49.1 Å². The molecule has 0 radical (unpaired) electrons. The molecule has 1 aliphatic carbocycles. The van der Waals surface area contributed by atoms with Gasteiger partial charge in [0, 0.05) is 19.3 Å². The number of hydrogen-bond donors (Lipinski definition) is 4. The van der Waals surface area contributed by atoms with Crippen LogP contribution in [0.25, 0.3) is 11.2 Å². The zero-order valence-corrected chi connectivity index (χ0v) is 21.2. The van der Waals surface area contributed by atoms with Crippen LogP contribution in [0.3, 0.4) is 0 Å². The van der Waals surface area contributed by atoms with E-state index in [9.17, 15) is 14.8 Å². The molecule has 2 saturated heterocycles. The third-order valence-corrected chi connectivity index (χ3v) is 8.90. The highest BCUT2D eigenvalue weighted by Gasteiger charge is 2.44. The van der Waals surface area contributed by atoms with Crippen molar-refractivity contribution in [1.82, 2.24) is 19.5 Å². The molecule has 13 heteroatoms. The van der Waals surface area contributed by atoms with Gasteiger partial charge in [0.15, 0.2) is 23.2 Å². The zero-order valence-electron chi connectivity index (χ0n) is 19.5. The first kappa shape index (κ1) is 25.3. The Labute approximate surface area is 208 Å². The van der Waals surface area contributed by atoms with E-state index in [4.69, 9.17) is 26.1 Å². The average molecular weight is 530 g/mol. The Morgan fingerprint density at radius 3 is 2.63 bits per heavy atom. The van der Waals surface area contributed by atoms with Crippen molar-refractivity contribution >= 4 is 36.2 Å². The number of aromatic nitrogens is 4. The number of halogens is 1. The molecule has 2 aromatic rings. The van der Waals surface area contributed by atoms with Crippen molar-refractivity contribution in [3.63, 3.8) is 0 Å². The summed E-state index contributed by atoms with van der Waals surface area (Å²) >= 11 is 6.32. The van der Waals surface area contributed by atoms with Crippen LogP contribution in [0.4, 0.5) is 5.82 Å². The molecular formula is C22H33ClN5O6P. The second-order valence-electron chi connectivity index (χ2n) is 10.3. The predicted molar refractivity (Wildman–Crippen MR) is 129 cm³/mol. The summed E-state index contributed by atoms with van der Waals surface area (Å²) in [5.74, 6) is 0.684. The first-order chi connectivity index (χ1) is 16.7. The maximum Gasteiger partial charge on any atom is 0.325 e. The van der Waals surface area contributed by atoms with E-state index >= 15 is 0 Å². The zero-order chi connectivity index (χ0) is 24.8. The third kappa shape index (κ3) is 5.23. The van der Waals surface area contributed by atoms with Gasteiger partial charge in [-0.1, -0.05) is 25.7 Å². The number of imidazole rings is 1. The fourth-order valence-corrected chi connectivity index (χ4v) is 6.76. The molecule has 4 atom stereocenters. The summed E-state index contributed by atoms with van der Waals surface area (Å²) in [6.07, 6.45) is 5.89. The molecular weight excluding hydrogens is 497 g/mol. The highest BCUT2D eigenvalue weighted by molar-refractivity contribution is 7.51. The molecule has 0 bridgehead atoms. The summed E-state index contributed by atoms with van der Waals surface area (Å²) in [4.78, 5) is 33.7. The van der Waals surface area contributed by atoms with Crippen LogP contribution in [0, 0.1) is 5.41 Å². The molecule has 3 aliphatic rings. The van der Waals surface area contributed by atoms with Gasteiger partial charge in [-0.15, -0.1) is 0 Å². The molecule has 0 aromatic carbocycles. The quantitative estimate of drug-likeness (QED) is 0.239. The van der Waals surface area contributed by atoms with Crippen LogP contribution in [-0.4, -0.2) is 77.1 Å². The van der Waals surface area contributed by atoms with Gasteiger partial charge in [-0.3, -0.25) is 9.13 Å². The second kappa shape index (κ2) is 9.85. The van der Waals surface area contributed by atoms with E-state index in [0.717, 1.165) is 19.5 Å². The smallest absolute Gasteiger partial charge is 0.325 e. The van der Waals surface area contributed by atoms with Gasteiger partial charge in [0.2, 0.25) is 5.28 Å². The van der Waals surface area contributed by atoms with E-state index in [1.165, 1.54) is 38.4 Å². The molecule has 3 fully saturated rings. The van der Waals surface area contributed by atoms with Crippen LogP contribution in [-0.2, 0) is 9.30 Å². The standard InChI is InChI=1S/C22H33ClN5O6P/c23-21-25-18(27-10-9-22(12-27)7-3-1-4-8-22)15-19(26-21)28(13-24-15)20-17(30)16(29)14(34-20)6-2-5-11-35(31,32)33/h13-14,16-17,20,29-30H,1-12H2,(H2,31,32,33)/t14-,16+,17?,20-/m1/s1. The largest absolute Gasteiger partial charge is 0.388 e. The van der Waals surface area contributed by atoms with Crippen molar-refractivity contribution in [2.24, 2.45) is 5.41 Å². The molecule has 1 unspecified atom stereocenters. The van der Waals surface area contributed by atoms with Crippen LogP contribution >= 0.6 is 19.2 Å². The topological polar surface area (TPSA) is 154 Å². The van der Waals surface area contributed by atoms with Crippen LogP contribution < -0.4 is 4.90 Å². The van der Waals surface area contributed by atoms with Crippen molar-refractivity contribution in [1.29, 1.82) is 0 Å². The number of nitrogens with zero attached hydrogens (tertiary/aromatic N) is 5. The van der Waals surface area contributed by atoms with E-state index in [1.54, 1.807) is 4.57 Å². The number of aliphatic hydroxyl groups is 2. The van der Waals surface area contributed by atoms with Crippen molar-refractivity contribution < 1.29 is 29.3 Å². The Morgan fingerprint density at radius 2 is 1.89 bits per heavy atom. The average Bonchev–Trinajstić information content (AvgIpc) is 3.48. The van der Waals surface area contributed by atoms with Gasteiger partial charge >= 0.3 is 7.60 Å². The Hall–Kier alpha value is -1.33. The van der Waals surface area contributed by atoms with Crippen molar-refractivity contribution in [2.75, 3.05) is 24.2 Å². The minimum atomic E-state index is -4.06. The van der Waals surface area contributed by atoms with E-state index in [1.807, 2.05) is 0 Å². The summed E-state index contributed by atoms with van der Waals surface area (Å²) in [5, 5.41) is 21.4. The van der Waals surface area contributed by atoms with Gasteiger partial charge in [-0.2, -0.15) is 9.97 Å². The number of aliphatic hydroxyl groups excluding tert-OH is 2. The number of fused-ring (bicyclic) bond motifs is 1. The lowest BCUT2D eigenvalue weighted by Gasteiger charge is -2.33. The van der Waals surface area contributed by atoms with Gasteiger partial charge in [0.1, 0.15) is 12.2 Å². The highest BCUT2D eigenvalue weighted by Crippen LogP contribution is 2.45. The van der Waals surface area contributed by atoms with E-state index < -0.39 is 32.1 Å². The molecule has 4 N–H and O–H groups in total. The number of hydrogen-bond acceptors (Lipinski definition) is 8. The van der Waals surface area contributed by atoms with Gasteiger partial charge in [-0.25, -0.2) is 4.98 Å². The lowest BCUT2D eigenvalue weighted by atomic mass is 9.73. The van der Waals surface area contributed by atoms with Crippen LogP contribution in [0.5, 0.6) is 0 Å². The number of unbranched alkanes of at least 4 members (excludes halogenated alkanes) is 1. The molecule has 1 spiro atoms. The molecule has 0 amide bonds. The van der Waals surface area contributed by atoms with Crippen LogP contribution in [0.2, 0.25) is 5.28 Å². The lowest BCUT2D eigenvalue weighted by Crippen LogP contribution is -2.31. The minimum Gasteiger partial charge on any atom is -0.388 e. The third-order valence-electron chi connectivity index (χ3n) is 7.83. The highest BCUT2D eigenvalue weighted by atomic mass is 35.5. The summed E-state index contributed by atoms with van der Waals surface area (Å²) in [5.41, 5.74) is 1.34. The minimum absolute atomic E-state index is 0.0841. The summed E-state index contributed by atoms with van der Waals surface area (Å²) in [6.45, 7) is 1.80. The Bertz CT molecular complexity index is 1110. The first-order valence-corrected chi connectivity index (χ1v) is 14.5. The first-order valence-electron chi connectivity index (χ1n) is 12.4. The maximum absolute atomic E-state index is 11.1. The predicted octanol–water partition coefficient (Wildman–Crippen LogP) is 2.61. The van der Waals surface area contributed by atoms with Crippen molar-refractivity contribution in [3.8, 4) is 0 Å². The second-order valence-corrected chi connectivity index (χ2v) is 12.4. The van der Waals surface area contributed by atoms with E-state index in [-0.39, 0.29) is 11.4 Å². The summed E-state index contributed by atoms with van der Waals surface area (Å²) in [7, 11) is -4.06. The number of ether oxygens (including phenoxy) is 1. The van der Waals surface area contributed by atoms with Crippen molar-refractivity contribution in [2.45, 2.75) is 82.3 Å². The van der Waals surface area contributed by atoms with E-state index in [0.29, 0.717) is 41.7 Å². The molecule has 11 nitrogen and oxygen atoms in total. The van der Waals surface area contributed by atoms with Gasteiger partial charge < -0.3 is 29.6 Å². The Kier molecular flexibility index (Phi) is 7.13. The molecule has 194 valence electrons. The molecule has 35 heavy (non-hydrogen) atoms. The van der Waals surface area contributed by atoms with E-state index in [2.05, 4.69) is 19.9 Å². The fourth-order valence-electron chi connectivity index (χ4n) is 5.97. The van der Waals surface area contributed by atoms with Gasteiger partial charge in [0.05, 0.1) is 12.4 Å². The summed E-state index contributed by atoms with van der Waals surface area (Å²) in [6, 6.07) is 0. The molecule has 4 heterocycles.